The second-order valence-corrected chi connectivity index (χ2v) is 4.77. The molecule has 88 valence electrons. The lowest BCUT2D eigenvalue weighted by atomic mass is 10.1. The Morgan fingerprint density at radius 1 is 1.19 bits per heavy atom. The van der Waals surface area contributed by atoms with Crippen molar-refractivity contribution in [2.75, 3.05) is 0 Å². The molecule has 2 unspecified atom stereocenters. The van der Waals surface area contributed by atoms with Crippen molar-refractivity contribution >= 4 is 0 Å². The molecule has 16 heavy (non-hydrogen) atoms. The van der Waals surface area contributed by atoms with Crippen LogP contribution in [0.5, 0.6) is 5.75 Å². The molecule has 0 heterocycles. The first-order valence-corrected chi connectivity index (χ1v) is 6.24. The number of nitrogens with two attached hydrogens (primary N) is 1. The third-order valence-electron chi connectivity index (χ3n) is 3.28. The van der Waals surface area contributed by atoms with E-state index in [0.717, 1.165) is 18.6 Å². The number of aryl methyl sites for hydroxylation is 1. The van der Waals surface area contributed by atoms with Crippen LogP contribution in [0.3, 0.4) is 0 Å². The number of benzene rings is 1. The first kappa shape index (κ1) is 11.5. The molecule has 1 aromatic carbocycles. The van der Waals surface area contributed by atoms with Gasteiger partial charge in [0.1, 0.15) is 11.9 Å². The van der Waals surface area contributed by atoms with Gasteiger partial charge in [-0.25, -0.2) is 0 Å². The average Bonchev–Trinajstić information content (AvgIpc) is 2.45. The maximum absolute atomic E-state index is 6.14. The highest BCUT2D eigenvalue weighted by molar-refractivity contribution is 5.27. The van der Waals surface area contributed by atoms with Gasteiger partial charge in [-0.15, -0.1) is 0 Å². The minimum Gasteiger partial charge on any atom is -0.489 e. The fourth-order valence-corrected chi connectivity index (χ4v) is 2.31. The van der Waals surface area contributed by atoms with E-state index in [1.165, 1.54) is 24.8 Å². The van der Waals surface area contributed by atoms with Crippen molar-refractivity contribution in [3.05, 3.63) is 29.8 Å². The van der Waals surface area contributed by atoms with Crippen molar-refractivity contribution < 1.29 is 4.74 Å². The molecule has 1 fully saturated rings. The molecule has 0 radical (unpaired) electrons. The molecule has 2 nitrogen and oxygen atoms in total. The molecule has 0 amide bonds. The Balaban J connectivity index is 2.02. The second-order valence-electron chi connectivity index (χ2n) is 4.77. The lowest BCUT2D eigenvalue weighted by Crippen LogP contribution is -2.37. The highest BCUT2D eigenvalue weighted by Crippen LogP contribution is 2.22. The number of hydrogen-bond donors (Lipinski definition) is 1. The third-order valence-corrected chi connectivity index (χ3v) is 3.28. The zero-order valence-electron chi connectivity index (χ0n) is 9.99. The molecule has 0 bridgehead atoms. The summed E-state index contributed by atoms with van der Waals surface area (Å²) in [6, 6.07) is 8.41. The highest BCUT2D eigenvalue weighted by Gasteiger charge is 2.21. The van der Waals surface area contributed by atoms with Gasteiger partial charge in [0.25, 0.3) is 0 Å². The van der Waals surface area contributed by atoms with Crippen molar-refractivity contribution in [1.29, 1.82) is 0 Å². The molecule has 0 aromatic heterocycles. The van der Waals surface area contributed by atoms with Crippen LogP contribution in [-0.2, 0) is 0 Å². The first-order chi connectivity index (χ1) is 7.75. The van der Waals surface area contributed by atoms with Gasteiger partial charge in [0, 0.05) is 6.04 Å². The standard InChI is InChI=1S/C14H21NO/c1-11-6-5-7-12(10-11)16-14-9-4-2-3-8-13(14)15/h5-7,10,13-14H,2-4,8-9,15H2,1H3. The fraction of sp³-hybridized carbons (Fsp3) is 0.571. The van der Waals surface area contributed by atoms with E-state index in [-0.39, 0.29) is 12.1 Å². The van der Waals surface area contributed by atoms with E-state index in [9.17, 15) is 0 Å². The molecule has 1 saturated carbocycles. The Morgan fingerprint density at radius 2 is 2.00 bits per heavy atom. The molecule has 2 atom stereocenters. The number of hydrogen-bond acceptors (Lipinski definition) is 2. The Labute approximate surface area is 97.8 Å². The predicted molar refractivity (Wildman–Crippen MR) is 66.7 cm³/mol. The molecule has 0 aliphatic heterocycles. The topological polar surface area (TPSA) is 35.2 Å². The monoisotopic (exact) mass is 219 g/mol. The van der Waals surface area contributed by atoms with Gasteiger partial charge < -0.3 is 10.5 Å². The summed E-state index contributed by atoms with van der Waals surface area (Å²) in [5.74, 6) is 0.961. The molecule has 0 saturated heterocycles. The van der Waals surface area contributed by atoms with Gasteiger partial charge in [-0.1, -0.05) is 25.0 Å². The van der Waals surface area contributed by atoms with Crippen LogP contribution in [0.2, 0.25) is 0 Å². The van der Waals surface area contributed by atoms with Gasteiger partial charge in [0.2, 0.25) is 0 Å². The van der Waals surface area contributed by atoms with Crippen molar-refractivity contribution in [2.45, 2.75) is 51.2 Å². The van der Waals surface area contributed by atoms with Crippen LogP contribution < -0.4 is 10.5 Å². The molecule has 1 aliphatic rings. The Morgan fingerprint density at radius 3 is 2.81 bits per heavy atom. The van der Waals surface area contributed by atoms with E-state index in [0.29, 0.717) is 0 Å². The summed E-state index contributed by atoms with van der Waals surface area (Å²) in [5.41, 5.74) is 7.38. The van der Waals surface area contributed by atoms with Crippen molar-refractivity contribution in [3.8, 4) is 5.75 Å². The summed E-state index contributed by atoms with van der Waals surface area (Å²) >= 11 is 0. The highest BCUT2D eigenvalue weighted by atomic mass is 16.5. The van der Waals surface area contributed by atoms with Crippen molar-refractivity contribution in [3.63, 3.8) is 0 Å². The molecule has 1 aromatic rings. The zero-order chi connectivity index (χ0) is 11.4. The number of ether oxygens (including phenoxy) is 1. The SMILES string of the molecule is Cc1cccc(OC2CCCCCC2N)c1. The maximum Gasteiger partial charge on any atom is 0.120 e. The molecular formula is C14H21NO. The normalized spacial score (nSPS) is 26.1. The van der Waals surface area contributed by atoms with Crippen LogP contribution in [0, 0.1) is 6.92 Å². The Hall–Kier alpha value is -1.02. The van der Waals surface area contributed by atoms with Crippen molar-refractivity contribution in [2.24, 2.45) is 5.73 Å². The summed E-state index contributed by atoms with van der Waals surface area (Å²) in [4.78, 5) is 0. The van der Waals surface area contributed by atoms with Gasteiger partial charge in [0.05, 0.1) is 0 Å². The smallest absolute Gasteiger partial charge is 0.120 e. The number of rotatable bonds is 2. The van der Waals surface area contributed by atoms with E-state index in [1.54, 1.807) is 0 Å². The summed E-state index contributed by atoms with van der Waals surface area (Å²) in [5, 5.41) is 0. The molecule has 0 spiro atoms. The summed E-state index contributed by atoms with van der Waals surface area (Å²) in [6.07, 6.45) is 6.16. The van der Waals surface area contributed by atoms with Crippen LogP contribution in [-0.4, -0.2) is 12.1 Å². The fourth-order valence-electron chi connectivity index (χ4n) is 2.31. The minimum absolute atomic E-state index is 0.197. The van der Waals surface area contributed by atoms with Crippen molar-refractivity contribution in [1.82, 2.24) is 0 Å². The van der Waals surface area contributed by atoms with Gasteiger partial charge in [-0.2, -0.15) is 0 Å². The third kappa shape index (κ3) is 2.99. The van der Waals surface area contributed by atoms with Crippen LogP contribution in [0.4, 0.5) is 0 Å². The predicted octanol–water partition coefficient (Wildman–Crippen LogP) is 3.03. The summed E-state index contributed by atoms with van der Waals surface area (Å²) < 4.78 is 6.00. The molecule has 2 rings (SSSR count). The molecule has 1 aliphatic carbocycles. The van der Waals surface area contributed by atoms with E-state index in [1.807, 2.05) is 12.1 Å². The zero-order valence-corrected chi connectivity index (χ0v) is 9.99. The summed E-state index contributed by atoms with van der Waals surface area (Å²) in [6.45, 7) is 2.08. The average molecular weight is 219 g/mol. The Kier molecular flexibility index (Phi) is 3.83. The van der Waals surface area contributed by atoms with Gasteiger partial charge in [-0.3, -0.25) is 0 Å². The second kappa shape index (κ2) is 5.35. The quantitative estimate of drug-likeness (QED) is 0.776. The Bertz CT molecular complexity index is 337. The summed E-state index contributed by atoms with van der Waals surface area (Å²) in [7, 11) is 0. The molecular weight excluding hydrogens is 198 g/mol. The van der Waals surface area contributed by atoms with Crippen LogP contribution in [0.15, 0.2) is 24.3 Å². The van der Waals surface area contributed by atoms with E-state index >= 15 is 0 Å². The lowest BCUT2D eigenvalue weighted by molar-refractivity contribution is 0.162. The first-order valence-electron chi connectivity index (χ1n) is 6.24. The van der Waals surface area contributed by atoms with E-state index < -0.39 is 0 Å². The lowest BCUT2D eigenvalue weighted by Gasteiger charge is -2.23. The molecule has 2 N–H and O–H groups in total. The molecule has 2 heteroatoms. The largest absolute Gasteiger partial charge is 0.489 e. The van der Waals surface area contributed by atoms with Gasteiger partial charge in [0.15, 0.2) is 0 Å². The van der Waals surface area contributed by atoms with Crippen LogP contribution in [0.25, 0.3) is 0 Å². The van der Waals surface area contributed by atoms with Crippen LogP contribution >= 0.6 is 0 Å². The van der Waals surface area contributed by atoms with E-state index in [4.69, 9.17) is 10.5 Å². The van der Waals surface area contributed by atoms with Gasteiger partial charge >= 0.3 is 0 Å². The maximum atomic E-state index is 6.14. The minimum atomic E-state index is 0.197. The van der Waals surface area contributed by atoms with Crippen LogP contribution in [0.1, 0.15) is 37.7 Å². The van der Waals surface area contributed by atoms with Gasteiger partial charge in [-0.05, 0) is 43.9 Å². The van der Waals surface area contributed by atoms with E-state index in [2.05, 4.69) is 19.1 Å².